The van der Waals surface area contributed by atoms with Crippen molar-refractivity contribution in [1.82, 2.24) is 0 Å². The number of ether oxygens (including phenoxy) is 3. The molecule has 6 nitrogen and oxygen atoms in total. The molecule has 1 atom stereocenters. The molecule has 0 aromatic heterocycles. The van der Waals surface area contributed by atoms with E-state index in [2.05, 4.69) is 81.5 Å². The lowest BCUT2D eigenvalue weighted by molar-refractivity contribution is -0.167. The normalized spacial score (nSPS) is 12.5. The monoisotopic (exact) mass is 951 g/mol. The Morgan fingerprint density at radius 3 is 0.912 bits per heavy atom. The van der Waals surface area contributed by atoms with Gasteiger partial charge in [0.15, 0.2) is 6.10 Å². The summed E-state index contributed by atoms with van der Waals surface area (Å²) in [6.07, 6.45) is 71.1. The third-order valence-corrected chi connectivity index (χ3v) is 12.8. The molecule has 68 heavy (non-hydrogen) atoms. The van der Waals surface area contributed by atoms with Crippen molar-refractivity contribution in [3.05, 3.63) is 60.8 Å². The summed E-state index contributed by atoms with van der Waals surface area (Å²) in [5.74, 6) is -0.885. The van der Waals surface area contributed by atoms with Gasteiger partial charge in [0.25, 0.3) is 0 Å². The third kappa shape index (κ3) is 54.1. The zero-order chi connectivity index (χ0) is 49.3. The van der Waals surface area contributed by atoms with Crippen LogP contribution in [0.3, 0.4) is 0 Å². The minimum Gasteiger partial charge on any atom is -0.462 e. The van der Waals surface area contributed by atoms with E-state index in [1.807, 2.05) is 0 Å². The third-order valence-electron chi connectivity index (χ3n) is 12.8. The number of hydrogen-bond donors (Lipinski definition) is 0. The molecule has 0 saturated heterocycles. The number of allylic oxidation sites excluding steroid dienone is 10. The standard InChI is InChI=1S/C62H110O6/c1-4-7-10-13-16-18-20-22-24-26-28-30-31-33-34-36-38-40-42-44-46-49-52-55-61(64)67-58-59(57-66-60(63)54-51-48-15-12-9-6-3)68-62(65)56-53-50-47-45-43-41-39-37-35-32-29-27-25-23-21-19-17-14-11-8-5-2/h8,11,17,19,23,25-26,28-29,32,59H,4-7,9-10,12-16,18,20-22,24,27,30-31,33-58H2,1-3H3/b11-8-,19-17-,25-23-,28-26-,32-29-. The van der Waals surface area contributed by atoms with E-state index in [1.54, 1.807) is 0 Å². The van der Waals surface area contributed by atoms with Crippen LogP contribution in [0, 0.1) is 0 Å². The predicted octanol–water partition coefficient (Wildman–Crippen LogP) is 19.6. The second kappa shape index (κ2) is 56.7. The summed E-state index contributed by atoms with van der Waals surface area (Å²) < 4.78 is 16.8. The van der Waals surface area contributed by atoms with E-state index in [1.165, 1.54) is 167 Å². The molecule has 6 heteroatoms. The zero-order valence-corrected chi connectivity index (χ0v) is 45.1. The Balaban J connectivity index is 4.13. The molecule has 1 unspecified atom stereocenters. The highest BCUT2D eigenvalue weighted by Crippen LogP contribution is 2.16. The minimum absolute atomic E-state index is 0.0762. The molecule has 0 rings (SSSR count). The summed E-state index contributed by atoms with van der Waals surface area (Å²) in [5, 5.41) is 0. The van der Waals surface area contributed by atoms with E-state index in [0.29, 0.717) is 19.3 Å². The van der Waals surface area contributed by atoms with Crippen LogP contribution in [0.2, 0.25) is 0 Å². The molecule has 0 radical (unpaired) electrons. The summed E-state index contributed by atoms with van der Waals surface area (Å²) in [7, 11) is 0. The molecule has 0 saturated carbocycles. The first-order valence-electron chi connectivity index (χ1n) is 29.3. The Labute approximate surface area is 421 Å². The van der Waals surface area contributed by atoms with E-state index in [-0.39, 0.29) is 31.1 Å². The van der Waals surface area contributed by atoms with E-state index < -0.39 is 6.10 Å². The van der Waals surface area contributed by atoms with Crippen molar-refractivity contribution < 1.29 is 28.6 Å². The van der Waals surface area contributed by atoms with Gasteiger partial charge in [-0.1, -0.05) is 255 Å². The molecule has 0 spiro atoms. The Morgan fingerprint density at radius 1 is 0.309 bits per heavy atom. The number of esters is 3. The maximum Gasteiger partial charge on any atom is 0.306 e. The topological polar surface area (TPSA) is 78.9 Å². The number of carbonyl (C=O) groups is 3. The van der Waals surface area contributed by atoms with E-state index in [0.717, 1.165) is 89.9 Å². The SMILES string of the molecule is CC/C=C\C/C=C\C/C=C\C/C=C\CCCCCCCCCCC(=O)OC(COC(=O)CCCCCCCC)COC(=O)CCCCCCCCCCCCC/C=C\CCCCCCCCCC. The molecule has 0 aromatic carbocycles. The van der Waals surface area contributed by atoms with Gasteiger partial charge in [0.2, 0.25) is 0 Å². The summed E-state index contributed by atoms with van der Waals surface area (Å²) in [6.45, 7) is 6.49. The van der Waals surface area contributed by atoms with Gasteiger partial charge < -0.3 is 14.2 Å². The fraction of sp³-hybridized carbons (Fsp3) is 0.790. The van der Waals surface area contributed by atoms with Crippen molar-refractivity contribution in [3.8, 4) is 0 Å². The van der Waals surface area contributed by atoms with E-state index in [9.17, 15) is 14.4 Å². The highest BCUT2D eigenvalue weighted by atomic mass is 16.6. The lowest BCUT2D eigenvalue weighted by Gasteiger charge is -2.18. The second-order valence-electron chi connectivity index (χ2n) is 19.5. The van der Waals surface area contributed by atoms with Crippen molar-refractivity contribution in [2.45, 2.75) is 303 Å². The number of unbranched alkanes of at least 4 members (excludes halogenated alkanes) is 32. The zero-order valence-electron chi connectivity index (χ0n) is 45.1. The summed E-state index contributed by atoms with van der Waals surface area (Å²) in [6, 6.07) is 0. The Hall–Kier alpha value is -2.89. The Morgan fingerprint density at radius 2 is 0.574 bits per heavy atom. The van der Waals surface area contributed by atoms with Crippen LogP contribution in [-0.2, 0) is 28.6 Å². The average Bonchev–Trinajstić information content (AvgIpc) is 3.34. The largest absolute Gasteiger partial charge is 0.462 e. The molecule has 394 valence electrons. The molecule has 0 aliphatic heterocycles. The van der Waals surface area contributed by atoms with Gasteiger partial charge in [-0.15, -0.1) is 0 Å². The first-order valence-corrected chi connectivity index (χ1v) is 29.3. The smallest absolute Gasteiger partial charge is 0.306 e. The van der Waals surface area contributed by atoms with Crippen molar-refractivity contribution in [2.24, 2.45) is 0 Å². The number of hydrogen-bond acceptors (Lipinski definition) is 6. The van der Waals surface area contributed by atoms with Crippen LogP contribution in [-0.4, -0.2) is 37.2 Å². The number of carbonyl (C=O) groups excluding carboxylic acids is 3. The van der Waals surface area contributed by atoms with Gasteiger partial charge >= 0.3 is 17.9 Å². The predicted molar refractivity (Wildman–Crippen MR) is 293 cm³/mol. The highest BCUT2D eigenvalue weighted by molar-refractivity contribution is 5.71. The molecule has 0 bridgehead atoms. The first-order chi connectivity index (χ1) is 33.5. The van der Waals surface area contributed by atoms with Crippen LogP contribution in [0.4, 0.5) is 0 Å². The van der Waals surface area contributed by atoms with Crippen LogP contribution < -0.4 is 0 Å². The van der Waals surface area contributed by atoms with Crippen molar-refractivity contribution in [1.29, 1.82) is 0 Å². The molecular weight excluding hydrogens is 841 g/mol. The number of rotatable bonds is 53. The van der Waals surface area contributed by atoms with Crippen molar-refractivity contribution in [3.63, 3.8) is 0 Å². The molecule has 0 heterocycles. The van der Waals surface area contributed by atoms with Crippen LogP contribution >= 0.6 is 0 Å². The van der Waals surface area contributed by atoms with Gasteiger partial charge in [0.05, 0.1) is 0 Å². The minimum atomic E-state index is -0.775. The molecule has 0 aliphatic carbocycles. The van der Waals surface area contributed by atoms with Crippen LogP contribution in [0.15, 0.2) is 60.8 Å². The van der Waals surface area contributed by atoms with Crippen LogP contribution in [0.25, 0.3) is 0 Å². The summed E-state index contributed by atoms with van der Waals surface area (Å²) in [4.78, 5) is 37.9. The van der Waals surface area contributed by atoms with E-state index >= 15 is 0 Å². The van der Waals surface area contributed by atoms with Crippen molar-refractivity contribution >= 4 is 17.9 Å². The van der Waals surface area contributed by atoms with Crippen molar-refractivity contribution in [2.75, 3.05) is 13.2 Å². The summed E-state index contributed by atoms with van der Waals surface area (Å²) >= 11 is 0. The molecular formula is C62H110O6. The van der Waals surface area contributed by atoms with Gasteiger partial charge in [0, 0.05) is 19.3 Å². The second-order valence-corrected chi connectivity index (χ2v) is 19.5. The van der Waals surface area contributed by atoms with Gasteiger partial charge in [-0.3, -0.25) is 14.4 Å². The molecule has 0 amide bonds. The molecule has 0 aliphatic rings. The Kier molecular flexibility index (Phi) is 54.3. The van der Waals surface area contributed by atoms with Crippen LogP contribution in [0.1, 0.15) is 297 Å². The van der Waals surface area contributed by atoms with E-state index in [4.69, 9.17) is 14.2 Å². The molecule has 0 aromatic rings. The quantitative estimate of drug-likeness (QED) is 0.0262. The lowest BCUT2D eigenvalue weighted by Crippen LogP contribution is -2.30. The fourth-order valence-corrected chi connectivity index (χ4v) is 8.37. The maximum absolute atomic E-state index is 12.8. The maximum atomic E-state index is 12.8. The molecule has 0 fully saturated rings. The fourth-order valence-electron chi connectivity index (χ4n) is 8.37. The van der Waals surface area contributed by atoms with Gasteiger partial charge in [-0.25, -0.2) is 0 Å². The lowest BCUT2D eigenvalue weighted by atomic mass is 10.0. The van der Waals surface area contributed by atoms with Gasteiger partial charge in [-0.2, -0.15) is 0 Å². The van der Waals surface area contributed by atoms with Gasteiger partial charge in [0.1, 0.15) is 13.2 Å². The van der Waals surface area contributed by atoms with Gasteiger partial charge in [-0.05, 0) is 83.5 Å². The Bertz CT molecular complexity index is 1230. The average molecular weight is 952 g/mol. The van der Waals surface area contributed by atoms with Crippen LogP contribution in [0.5, 0.6) is 0 Å². The summed E-state index contributed by atoms with van der Waals surface area (Å²) in [5.41, 5.74) is 0. The molecule has 0 N–H and O–H groups in total. The highest BCUT2D eigenvalue weighted by Gasteiger charge is 2.19. The first kappa shape index (κ1) is 65.1.